The van der Waals surface area contributed by atoms with E-state index in [2.05, 4.69) is 21.6 Å². The fourth-order valence-electron chi connectivity index (χ4n) is 3.68. The van der Waals surface area contributed by atoms with Crippen molar-refractivity contribution in [2.75, 3.05) is 54.0 Å². The Hall–Kier alpha value is -2.13. The van der Waals surface area contributed by atoms with Crippen LogP contribution in [-0.4, -0.2) is 72.2 Å². The molecule has 1 fully saturated rings. The van der Waals surface area contributed by atoms with Crippen molar-refractivity contribution in [2.45, 2.75) is 17.9 Å². The Labute approximate surface area is 179 Å². The van der Waals surface area contributed by atoms with Crippen LogP contribution in [0.5, 0.6) is 11.5 Å². The summed E-state index contributed by atoms with van der Waals surface area (Å²) in [6, 6.07) is 12.9. The lowest BCUT2D eigenvalue weighted by atomic mass is 10.0. The third-order valence-electron chi connectivity index (χ3n) is 5.55. The molecular formula is C22H31N3O4S. The second-order valence-corrected chi connectivity index (χ2v) is 9.37. The third kappa shape index (κ3) is 5.31. The lowest BCUT2D eigenvalue weighted by Gasteiger charge is -2.38. The summed E-state index contributed by atoms with van der Waals surface area (Å²) in [5.41, 5.74) is 1.92. The molecule has 2 aromatic carbocycles. The molecule has 1 aliphatic heterocycles. The van der Waals surface area contributed by atoms with E-state index in [4.69, 9.17) is 9.47 Å². The first kappa shape index (κ1) is 22.6. The van der Waals surface area contributed by atoms with Gasteiger partial charge in [-0.1, -0.05) is 18.2 Å². The van der Waals surface area contributed by atoms with Crippen molar-refractivity contribution in [3.8, 4) is 11.5 Å². The largest absolute Gasteiger partial charge is 0.497 e. The average Bonchev–Trinajstić information content (AvgIpc) is 2.75. The highest BCUT2D eigenvalue weighted by Crippen LogP contribution is 2.27. The van der Waals surface area contributed by atoms with E-state index in [0.29, 0.717) is 5.75 Å². The van der Waals surface area contributed by atoms with Crippen molar-refractivity contribution in [3.05, 3.63) is 53.6 Å². The zero-order valence-electron chi connectivity index (χ0n) is 18.1. The molecule has 1 saturated heterocycles. The summed E-state index contributed by atoms with van der Waals surface area (Å²) in [6.45, 7) is 5.79. The standard InChI is InChI=1S/C22H31N3O4S/c1-17-5-10-21(29-4)22(15-17)30(26,27)23-16-20(25-13-11-24(2)12-14-25)18-6-8-19(28-3)9-7-18/h5-10,15,20,23H,11-14,16H2,1-4H3. The maximum atomic E-state index is 13.1. The van der Waals surface area contributed by atoms with Gasteiger partial charge in [-0.25, -0.2) is 13.1 Å². The van der Waals surface area contributed by atoms with E-state index in [1.165, 1.54) is 7.11 Å². The van der Waals surface area contributed by atoms with Crippen LogP contribution in [0, 0.1) is 6.92 Å². The van der Waals surface area contributed by atoms with E-state index >= 15 is 0 Å². The lowest BCUT2D eigenvalue weighted by molar-refractivity contribution is 0.113. The number of hydrogen-bond acceptors (Lipinski definition) is 6. The van der Waals surface area contributed by atoms with Crippen molar-refractivity contribution < 1.29 is 17.9 Å². The van der Waals surface area contributed by atoms with Gasteiger partial charge in [0.1, 0.15) is 16.4 Å². The quantitative estimate of drug-likeness (QED) is 0.689. The van der Waals surface area contributed by atoms with Crippen LogP contribution in [-0.2, 0) is 10.0 Å². The summed E-state index contributed by atoms with van der Waals surface area (Å²) in [7, 11) is 1.49. The second-order valence-electron chi connectivity index (χ2n) is 7.63. The molecule has 1 atom stereocenters. The minimum absolute atomic E-state index is 0.0739. The number of nitrogens with zero attached hydrogens (tertiary/aromatic N) is 2. The van der Waals surface area contributed by atoms with Crippen LogP contribution in [0.3, 0.4) is 0 Å². The maximum Gasteiger partial charge on any atom is 0.244 e. The molecule has 30 heavy (non-hydrogen) atoms. The number of ether oxygens (including phenoxy) is 2. The van der Waals surface area contributed by atoms with Crippen LogP contribution in [0.2, 0.25) is 0 Å². The fraction of sp³-hybridized carbons (Fsp3) is 0.455. The average molecular weight is 434 g/mol. The first-order chi connectivity index (χ1) is 14.3. The topological polar surface area (TPSA) is 71.1 Å². The van der Waals surface area contributed by atoms with Crippen LogP contribution in [0.4, 0.5) is 0 Å². The molecule has 3 rings (SSSR count). The molecule has 1 N–H and O–H groups in total. The van der Waals surface area contributed by atoms with Crippen LogP contribution in [0.25, 0.3) is 0 Å². The van der Waals surface area contributed by atoms with Crippen molar-refractivity contribution >= 4 is 10.0 Å². The Kier molecular flexibility index (Phi) is 7.36. The Bertz CT molecular complexity index is 939. The summed E-state index contributed by atoms with van der Waals surface area (Å²) >= 11 is 0. The van der Waals surface area contributed by atoms with Gasteiger partial charge in [0.2, 0.25) is 10.0 Å². The molecule has 0 spiro atoms. The summed E-state index contributed by atoms with van der Waals surface area (Å²) in [4.78, 5) is 4.78. The molecule has 0 bridgehead atoms. The third-order valence-corrected chi connectivity index (χ3v) is 7.00. The Morgan fingerprint density at radius 1 is 1.00 bits per heavy atom. The molecule has 0 radical (unpaired) electrons. The molecule has 7 nitrogen and oxygen atoms in total. The van der Waals surface area contributed by atoms with Gasteiger partial charge in [-0.3, -0.25) is 4.90 Å². The SMILES string of the molecule is COc1ccc(C(CNS(=O)(=O)c2cc(C)ccc2OC)N2CCN(C)CC2)cc1. The Morgan fingerprint density at radius 2 is 1.67 bits per heavy atom. The van der Waals surface area contributed by atoms with Gasteiger partial charge in [-0.2, -0.15) is 0 Å². The Morgan fingerprint density at radius 3 is 2.27 bits per heavy atom. The van der Waals surface area contributed by atoms with Gasteiger partial charge < -0.3 is 14.4 Å². The molecule has 8 heteroatoms. The number of nitrogens with one attached hydrogen (secondary N) is 1. The van der Waals surface area contributed by atoms with E-state index in [9.17, 15) is 8.42 Å². The number of rotatable bonds is 8. The van der Waals surface area contributed by atoms with Crippen LogP contribution in [0.1, 0.15) is 17.2 Å². The van der Waals surface area contributed by atoms with Gasteiger partial charge in [0, 0.05) is 38.8 Å². The summed E-state index contributed by atoms with van der Waals surface area (Å²) in [5, 5.41) is 0. The van der Waals surface area contributed by atoms with Gasteiger partial charge >= 0.3 is 0 Å². The minimum Gasteiger partial charge on any atom is -0.497 e. The summed E-state index contributed by atoms with van der Waals surface area (Å²) in [6.07, 6.45) is 0. The predicted molar refractivity (Wildman–Crippen MR) is 118 cm³/mol. The summed E-state index contributed by atoms with van der Waals surface area (Å²) < 4.78 is 39.6. The molecule has 0 aliphatic carbocycles. The minimum atomic E-state index is -3.73. The molecule has 0 amide bonds. The highest BCUT2D eigenvalue weighted by molar-refractivity contribution is 7.89. The molecule has 0 aromatic heterocycles. The van der Waals surface area contributed by atoms with Crippen molar-refractivity contribution in [1.29, 1.82) is 0 Å². The molecule has 1 aliphatic rings. The van der Waals surface area contributed by atoms with Crippen LogP contribution in [0.15, 0.2) is 47.4 Å². The van der Waals surface area contributed by atoms with Crippen LogP contribution >= 0.6 is 0 Å². The first-order valence-corrected chi connectivity index (χ1v) is 11.5. The molecular weight excluding hydrogens is 402 g/mol. The first-order valence-electron chi connectivity index (χ1n) is 10.0. The Balaban J connectivity index is 1.84. The van der Waals surface area contributed by atoms with E-state index in [1.54, 1.807) is 19.2 Å². The number of likely N-dealkylation sites (N-methyl/N-ethyl adjacent to an activating group) is 1. The second kappa shape index (κ2) is 9.78. The van der Waals surface area contributed by atoms with Crippen LogP contribution < -0.4 is 14.2 Å². The molecule has 2 aromatic rings. The van der Waals surface area contributed by atoms with E-state index in [1.807, 2.05) is 37.3 Å². The summed E-state index contributed by atoms with van der Waals surface area (Å²) in [5.74, 6) is 1.12. The van der Waals surface area contributed by atoms with Crippen molar-refractivity contribution in [3.63, 3.8) is 0 Å². The lowest BCUT2D eigenvalue weighted by Crippen LogP contribution is -2.48. The highest BCUT2D eigenvalue weighted by Gasteiger charge is 2.27. The smallest absolute Gasteiger partial charge is 0.244 e. The van der Waals surface area contributed by atoms with E-state index < -0.39 is 10.0 Å². The van der Waals surface area contributed by atoms with Gasteiger partial charge in [-0.15, -0.1) is 0 Å². The number of aryl methyl sites for hydroxylation is 1. The predicted octanol–water partition coefficient (Wildman–Crippen LogP) is 2.28. The van der Waals surface area contributed by atoms with Crippen molar-refractivity contribution in [1.82, 2.24) is 14.5 Å². The number of methoxy groups -OCH3 is 2. The number of hydrogen-bond donors (Lipinski definition) is 1. The normalized spacial score (nSPS) is 16.9. The van der Waals surface area contributed by atoms with Gasteiger partial charge in [0.25, 0.3) is 0 Å². The molecule has 1 heterocycles. The maximum absolute atomic E-state index is 13.1. The molecule has 1 unspecified atom stereocenters. The monoisotopic (exact) mass is 433 g/mol. The fourth-order valence-corrected chi connectivity index (χ4v) is 4.97. The van der Waals surface area contributed by atoms with Gasteiger partial charge in [-0.05, 0) is 49.4 Å². The van der Waals surface area contributed by atoms with Gasteiger partial charge in [0.05, 0.1) is 14.2 Å². The van der Waals surface area contributed by atoms with Gasteiger partial charge in [0.15, 0.2) is 0 Å². The molecule has 164 valence electrons. The van der Waals surface area contributed by atoms with E-state index in [0.717, 1.165) is 43.1 Å². The van der Waals surface area contributed by atoms with E-state index in [-0.39, 0.29) is 17.5 Å². The highest BCUT2D eigenvalue weighted by atomic mass is 32.2. The zero-order valence-corrected chi connectivity index (χ0v) is 18.9. The number of piperazine rings is 1. The molecule has 0 saturated carbocycles. The zero-order chi connectivity index (χ0) is 21.7. The number of sulfonamides is 1. The van der Waals surface area contributed by atoms with Crippen molar-refractivity contribution in [2.24, 2.45) is 0 Å². The number of benzene rings is 2.